The highest BCUT2D eigenvalue weighted by molar-refractivity contribution is 9.10. The van der Waals surface area contributed by atoms with Crippen molar-refractivity contribution in [3.63, 3.8) is 0 Å². The zero-order chi connectivity index (χ0) is 13.1. The number of sulfonamides is 1. The number of nitrogens with zero attached hydrogens (tertiary/aromatic N) is 3. The number of aryl methyl sites for hydroxylation is 1. The second-order valence-electron chi connectivity index (χ2n) is 3.51. The Morgan fingerprint density at radius 1 is 1.59 bits per heavy atom. The van der Waals surface area contributed by atoms with Crippen LogP contribution in [-0.2, 0) is 17.1 Å². The van der Waals surface area contributed by atoms with E-state index in [1.807, 2.05) is 6.92 Å². The molecule has 0 bridgehead atoms. The number of nitrogens with one attached hydrogen (secondary N) is 1. The molecular weight excluding hydrogens is 332 g/mol. The van der Waals surface area contributed by atoms with Crippen molar-refractivity contribution in [3.05, 3.63) is 4.60 Å². The van der Waals surface area contributed by atoms with E-state index >= 15 is 0 Å². The molecule has 6 nitrogen and oxygen atoms in total. The zero-order valence-electron chi connectivity index (χ0n) is 9.52. The monoisotopic (exact) mass is 344 g/mol. The Labute approximate surface area is 114 Å². The molecule has 0 saturated carbocycles. The number of halogens is 2. The molecule has 0 aliphatic heterocycles. The largest absolute Gasteiger partial charge is 0.260 e. The summed E-state index contributed by atoms with van der Waals surface area (Å²) < 4.78 is 28.2. The Hall–Kier alpha value is -0.180. The summed E-state index contributed by atoms with van der Waals surface area (Å²) in [5.41, 5.74) is 0. The Morgan fingerprint density at radius 2 is 2.24 bits per heavy atom. The molecule has 0 aromatic carbocycles. The first-order valence-electron chi connectivity index (χ1n) is 5.05. The van der Waals surface area contributed by atoms with E-state index < -0.39 is 10.0 Å². The van der Waals surface area contributed by atoms with Gasteiger partial charge in [0.1, 0.15) is 0 Å². The van der Waals surface area contributed by atoms with Crippen molar-refractivity contribution in [1.29, 1.82) is 0 Å². The summed E-state index contributed by atoms with van der Waals surface area (Å²) in [5, 5.41) is 7.30. The van der Waals surface area contributed by atoms with Crippen LogP contribution in [0.25, 0.3) is 0 Å². The van der Waals surface area contributed by atoms with Gasteiger partial charge in [-0.05, 0) is 28.8 Å². The maximum Gasteiger partial charge on any atom is 0.260 e. The van der Waals surface area contributed by atoms with E-state index in [9.17, 15) is 8.42 Å². The third kappa shape index (κ3) is 3.64. The summed E-state index contributed by atoms with van der Waals surface area (Å²) in [6.07, 6.45) is 1.26. The van der Waals surface area contributed by atoms with Crippen LogP contribution in [0.15, 0.2) is 9.63 Å². The molecule has 0 fully saturated rings. The van der Waals surface area contributed by atoms with Gasteiger partial charge in [-0.1, -0.05) is 12.1 Å². The molecular formula is C8H14BrClN4O2S. The highest BCUT2D eigenvalue weighted by Crippen LogP contribution is 2.18. The molecule has 1 aromatic heterocycles. The van der Waals surface area contributed by atoms with E-state index in [1.165, 1.54) is 11.7 Å². The van der Waals surface area contributed by atoms with Gasteiger partial charge in [-0.3, -0.25) is 0 Å². The number of hydrogen-bond acceptors (Lipinski definition) is 4. The lowest BCUT2D eigenvalue weighted by molar-refractivity contribution is 0.520. The zero-order valence-corrected chi connectivity index (χ0v) is 12.7. The highest BCUT2D eigenvalue weighted by atomic mass is 79.9. The Morgan fingerprint density at radius 3 is 2.65 bits per heavy atom. The maximum absolute atomic E-state index is 12.1. The van der Waals surface area contributed by atoms with Crippen LogP contribution in [0.2, 0.25) is 0 Å². The summed E-state index contributed by atoms with van der Waals surface area (Å²) in [6.45, 7) is 1.90. The molecule has 0 aliphatic carbocycles. The van der Waals surface area contributed by atoms with Crippen LogP contribution in [0, 0.1) is 0 Å². The van der Waals surface area contributed by atoms with Gasteiger partial charge in [0.2, 0.25) is 5.03 Å². The number of aromatic nitrogens is 3. The van der Waals surface area contributed by atoms with Crippen molar-refractivity contribution in [2.24, 2.45) is 7.05 Å². The molecule has 0 spiro atoms. The Balaban J connectivity index is 2.96. The number of alkyl halides is 1. The Bertz CT molecular complexity index is 456. The summed E-state index contributed by atoms with van der Waals surface area (Å²) in [6, 6.07) is -0.181. The molecule has 1 heterocycles. The standard InChI is InChI=1S/C8H14BrClN4O2S/c1-3-6(4-5-10)12-17(15,16)8-7(9)11-13-14(8)2/h6,12H,3-5H2,1-2H3. The van der Waals surface area contributed by atoms with Crippen molar-refractivity contribution < 1.29 is 8.42 Å². The third-order valence-electron chi connectivity index (χ3n) is 2.26. The van der Waals surface area contributed by atoms with Crippen molar-refractivity contribution in [2.45, 2.75) is 30.8 Å². The lowest BCUT2D eigenvalue weighted by Crippen LogP contribution is -2.35. The van der Waals surface area contributed by atoms with Gasteiger partial charge in [0, 0.05) is 19.0 Å². The molecule has 98 valence electrons. The van der Waals surface area contributed by atoms with Crippen LogP contribution in [0.4, 0.5) is 0 Å². The first-order chi connectivity index (χ1) is 7.92. The predicted molar refractivity (Wildman–Crippen MR) is 68.4 cm³/mol. The van der Waals surface area contributed by atoms with Crippen LogP contribution in [0.1, 0.15) is 19.8 Å². The van der Waals surface area contributed by atoms with Crippen LogP contribution >= 0.6 is 27.5 Å². The first kappa shape index (κ1) is 14.9. The van der Waals surface area contributed by atoms with Crippen molar-refractivity contribution in [1.82, 2.24) is 19.7 Å². The SMILES string of the molecule is CCC(CCCl)NS(=O)(=O)c1c(Br)nnn1C. The second kappa shape index (κ2) is 6.12. The Kier molecular flexibility index (Phi) is 5.36. The van der Waals surface area contributed by atoms with Crippen LogP contribution in [-0.4, -0.2) is 35.3 Å². The van der Waals surface area contributed by atoms with E-state index in [0.29, 0.717) is 18.7 Å². The van der Waals surface area contributed by atoms with Gasteiger partial charge in [0.25, 0.3) is 10.0 Å². The fourth-order valence-corrected chi connectivity index (χ4v) is 4.07. The second-order valence-corrected chi connectivity index (χ2v) is 6.27. The van der Waals surface area contributed by atoms with Gasteiger partial charge < -0.3 is 0 Å². The molecule has 1 aromatic rings. The van der Waals surface area contributed by atoms with Gasteiger partial charge in [-0.15, -0.1) is 16.7 Å². The fraction of sp³-hybridized carbons (Fsp3) is 0.750. The normalized spacial score (nSPS) is 13.9. The van der Waals surface area contributed by atoms with Crippen molar-refractivity contribution in [2.75, 3.05) is 5.88 Å². The molecule has 0 saturated heterocycles. The predicted octanol–water partition coefficient (Wildman–Crippen LogP) is 1.26. The summed E-state index contributed by atoms with van der Waals surface area (Å²) in [4.78, 5) is 0. The van der Waals surface area contributed by atoms with E-state index in [-0.39, 0.29) is 15.7 Å². The summed E-state index contributed by atoms with van der Waals surface area (Å²) >= 11 is 8.68. The van der Waals surface area contributed by atoms with E-state index in [2.05, 4.69) is 31.0 Å². The smallest absolute Gasteiger partial charge is 0.235 e. The van der Waals surface area contributed by atoms with Crippen LogP contribution in [0.3, 0.4) is 0 Å². The molecule has 0 amide bonds. The molecule has 0 radical (unpaired) electrons. The highest BCUT2D eigenvalue weighted by Gasteiger charge is 2.26. The van der Waals surface area contributed by atoms with E-state index in [1.54, 1.807) is 0 Å². The first-order valence-corrected chi connectivity index (χ1v) is 7.87. The minimum atomic E-state index is -3.63. The lowest BCUT2D eigenvalue weighted by atomic mass is 10.2. The van der Waals surface area contributed by atoms with Gasteiger partial charge in [-0.25, -0.2) is 17.8 Å². The number of hydrogen-bond donors (Lipinski definition) is 1. The van der Waals surface area contributed by atoms with Gasteiger partial charge in [0.05, 0.1) is 0 Å². The molecule has 9 heteroatoms. The fourth-order valence-electron chi connectivity index (χ4n) is 1.36. The average molecular weight is 346 g/mol. The van der Waals surface area contributed by atoms with Gasteiger partial charge in [-0.2, -0.15) is 0 Å². The number of rotatable bonds is 6. The average Bonchev–Trinajstić information content (AvgIpc) is 2.58. The van der Waals surface area contributed by atoms with Crippen molar-refractivity contribution >= 4 is 37.6 Å². The molecule has 1 unspecified atom stereocenters. The lowest BCUT2D eigenvalue weighted by Gasteiger charge is -2.15. The quantitative estimate of drug-likeness (QED) is 0.788. The minimum absolute atomic E-state index is 0.0190. The maximum atomic E-state index is 12.1. The third-order valence-corrected chi connectivity index (χ3v) is 4.89. The van der Waals surface area contributed by atoms with Gasteiger partial charge >= 0.3 is 0 Å². The van der Waals surface area contributed by atoms with Crippen LogP contribution < -0.4 is 4.72 Å². The van der Waals surface area contributed by atoms with Gasteiger partial charge in [0.15, 0.2) is 4.60 Å². The van der Waals surface area contributed by atoms with Crippen LogP contribution in [0.5, 0.6) is 0 Å². The van der Waals surface area contributed by atoms with Crippen molar-refractivity contribution in [3.8, 4) is 0 Å². The minimum Gasteiger partial charge on any atom is -0.235 e. The molecule has 1 N–H and O–H groups in total. The van der Waals surface area contributed by atoms with E-state index in [4.69, 9.17) is 11.6 Å². The summed E-state index contributed by atoms with van der Waals surface area (Å²) in [7, 11) is -2.11. The summed E-state index contributed by atoms with van der Waals surface area (Å²) in [5.74, 6) is 0.409. The molecule has 17 heavy (non-hydrogen) atoms. The molecule has 1 atom stereocenters. The molecule has 0 aliphatic rings. The van der Waals surface area contributed by atoms with E-state index in [0.717, 1.165) is 0 Å². The topological polar surface area (TPSA) is 76.9 Å². The molecule has 1 rings (SSSR count).